The molecule has 0 aliphatic heterocycles. The van der Waals surface area contributed by atoms with Crippen molar-refractivity contribution in [2.75, 3.05) is 0 Å². The molecule has 0 amide bonds. The van der Waals surface area contributed by atoms with E-state index in [2.05, 4.69) is 0 Å². The molecule has 4 heteroatoms. The lowest BCUT2D eigenvalue weighted by Gasteiger charge is -2.03. The van der Waals surface area contributed by atoms with E-state index in [-0.39, 0.29) is 16.9 Å². The molecule has 0 saturated carbocycles. The van der Waals surface area contributed by atoms with Crippen molar-refractivity contribution < 1.29 is 14.6 Å². The first-order chi connectivity index (χ1) is 9.15. The van der Waals surface area contributed by atoms with Gasteiger partial charge in [0, 0.05) is 6.07 Å². The summed E-state index contributed by atoms with van der Waals surface area (Å²) in [7, 11) is 0. The molecule has 3 aromatic rings. The van der Waals surface area contributed by atoms with Crippen molar-refractivity contribution in [2.24, 2.45) is 0 Å². The van der Waals surface area contributed by atoms with Gasteiger partial charge in [0.1, 0.15) is 23.3 Å². The predicted molar refractivity (Wildman–Crippen MR) is 71.2 cm³/mol. The van der Waals surface area contributed by atoms with Gasteiger partial charge < -0.3 is 14.6 Å². The molecule has 19 heavy (non-hydrogen) atoms. The smallest absolute Gasteiger partial charge is 0.200 e. The molecule has 94 valence electrons. The summed E-state index contributed by atoms with van der Waals surface area (Å²) in [5, 5.41) is 19.0. The molecule has 1 heterocycles. The van der Waals surface area contributed by atoms with Gasteiger partial charge in [-0.2, -0.15) is 0 Å². The normalized spacial score (nSPS) is 10.7. The van der Waals surface area contributed by atoms with Crippen molar-refractivity contribution in [3.05, 3.63) is 59.0 Å². The molecule has 2 aromatic carbocycles. The third-order valence-corrected chi connectivity index (χ3v) is 2.94. The molecule has 0 aliphatic rings. The predicted octanol–water partition coefficient (Wildman–Crippen LogP) is 2.87. The van der Waals surface area contributed by atoms with Gasteiger partial charge in [-0.05, 0) is 29.8 Å². The SMILES string of the molecule is O=[13c]1c2ccc(O)cc2o[13cH][13c]1-c1ccc(O)cc1. The Balaban J connectivity index is 2.26. The largest absolute Gasteiger partial charge is 0.508 e. The molecule has 2 N–H and O–H groups in total. The Labute approximate surface area is 108 Å². The number of benzene rings is 2. The maximum Gasteiger partial charge on any atom is 0.200 e. The molecular weight excluding hydrogens is 247 g/mol. The molecule has 4 nitrogen and oxygen atoms in total. The van der Waals surface area contributed by atoms with Crippen LogP contribution in [0.5, 0.6) is 11.5 Å². The minimum Gasteiger partial charge on any atom is -0.508 e. The third kappa shape index (κ3) is 1.93. The van der Waals surface area contributed by atoms with Crippen LogP contribution in [0.3, 0.4) is 0 Å². The maximum atomic E-state index is 12.3. The summed E-state index contributed by atoms with van der Waals surface area (Å²) in [6.45, 7) is 0. The highest BCUT2D eigenvalue weighted by Crippen LogP contribution is 2.23. The highest BCUT2D eigenvalue weighted by atomic mass is 16.4. The molecule has 0 spiro atoms. The first-order valence-corrected chi connectivity index (χ1v) is 5.69. The Morgan fingerprint density at radius 3 is 2.32 bits per heavy atom. The van der Waals surface area contributed by atoms with Gasteiger partial charge in [0.15, 0.2) is 5.43 Å². The zero-order chi connectivity index (χ0) is 13.4. The van der Waals surface area contributed by atoms with Crippen LogP contribution in [0.2, 0.25) is 0 Å². The van der Waals surface area contributed by atoms with Crippen LogP contribution in [0.4, 0.5) is 0 Å². The van der Waals surface area contributed by atoms with Crippen LogP contribution in [-0.4, -0.2) is 10.2 Å². The van der Waals surface area contributed by atoms with Gasteiger partial charge >= 0.3 is 0 Å². The number of aromatic hydroxyl groups is 2. The van der Waals surface area contributed by atoms with Crippen molar-refractivity contribution in [2.45, 2.75) is 0 Å². The highest BCUT2D eigenvalue weighted by molar-refractivity contribution is 5.82. The first-order valence-electron chi connectivity index (χ1n) is 5.69. The van der Waals surface area contributed by atoms with Crippen LogP contribution >= 0.6 is 0 Å². The Bertz CT molecular complexity index is 800. The van der Waals surface area contributed by atoms with Crippen molar-refractivity contribution in [3.63, 3.8) is 0 Å². The lowest BCUT2D eigenvalue weighted by Crippen LogP contribution is -2.04. The highest BCUT2D eigenvalue weighted by Gasteiger charge is 2.09. The zero-order valence-corrected chi connectivity index (χ0v) is 9.83. The fourth-order valence-electron chi connectivity index (χ4n) is 1.96. The molecule has 0 unspecified atom stereocenters. The molecule has 0 fully saturated rings. The minimum absolute atomic E-state index is 0.0491. The fourth-order valence-corrected chi connectivity index (χ4v) is 1.96. The number of phenols is 2. The van der Waals surface area contributed by atoms with Crippen molar-refractivity contribution in [1.82, 2.24) is 0 Å². The van der Waals surface area contributed by atoms with E-state index in [1.54, 1.807) is 12.1 Å². The van der Waals surface area contributed by atoms with Gasteiger partial charge in [0.25, 0.3) is 0 Å². The summed E-state index contributed by atoms with van der Waals surface area (Å²) in [5.41, 5.74) is 1.25. The molecule has 0 bridgehead atoms. The van der Waals surface area contributed by atoms with Crippen molar-refractivity contribution in [3.8, 4) is 22.6 Å². The average Bonchev–Trinajstić information content (AvgIpc) is 2.40. The molecule has 0 aliphatic carbocycles. The number of hydrogen-bond donors (Lipinski definition) is 2. The van der Waals surface area contributed by atoms with Gasteiger partial charge in [-0.15, -0.1) is 0 Å². The second kappa shape index (κ2) is 4.17. The van der Waals surface area contributed by atoms with Crippen LogP contribution in [-0.2, 0) is 0 Å². The number of rotatable bonds is 1. The summed E-state index contributed by atoms with van der Waals surface area (Å²) in [6.07, 6.45) is 1.36. The lowest BCUT2D eigenvalue weighted by atomic mass is 10.2. The van der Waals surface area contributed by atoms with Crippen LogP contribution in [0, 0.1) is 0 Å². The molecule has 1 aromatic heterocycles. The summed E-state index contributed by atoms with van der Waals surface area (Å²) in [4.78, 5) is 12.3. The summed E-state index contributed by atoms with van der Waals surface area (Å²) in [5.74, 6) is 0.187. The second-order valence-corrected chi connectivity index (χ2v) is 4.21. The van der Waals surface area contributed by atoms with Gasteiger partial charge in [-0.25, -0.2) is 0 Å². The zero-order valence-electron chi connectivity index (χ0n) is 9.83. The summed E-state index contributed by atoms with van der Waals surface area (Å²) >= 11 is 0. The van der Waals surface area contributed by atoms with E-state index in [1.165, 1.54) is 36.6 Å². The quantitative estimate of drug-likeness (QED) is 0.703. The van der Waals surface area contributed by atoms with E-state index in [4.69, 9.17) is 4.42 Å². The molecular formula is C15H10O4. The lowest BCUT2D eigenvalue weighted by molar-refractivity contribution is 0.473. The van der Waals surface area contributed by atoms with E-state index in [1.807, 2.05) is 0 Å². The van der Waals surface area contributed by atoms with Gasteiger partial charge in [-0.1, -0.05) is 12.1 Å². The molecule has 3 rings (SSSR count). The van der Waals surface area contributed by atoms with E-state index >= 15 is 0 Å². The second-order valence-electron chi connectivity index (χ2n) is 4.21. The van der Waals surface area contributed by atoms with Gasteiger partial charge in [0.05, 0.1) is 10.9 Å². The standard InChI is InChI=1S/C15H10O4/c16-10-3-1-9(2-4-10)13-8-19-14-7-11(17)5-6-12(14)15(13)18/h1-8,16-17H/i8+1,13+1,15+1. The van der Waals surface area contributed by atoms with Crippen molar-refractivity contribution >= 4 is 11.0 Å². The Morgan fingerprint density at radius 2 is 1.58 bits per heavy atom. The fraction of sp³-hybridized carbons (Fsp3) is 0. The van der Waals surface area contributed by atoms with E-state index < -0.39 is 0 Å². The van der Waals surface area contributed by atoms with Crippen LogP contribution < -0.4 is 5.43 Å². The minimum atomic E-state index is -0.174. The monoisotopic (exact) mass is 257 g/mol. The van der Waals surface area contributed by atoms with Gasteiger partial charge in [0.2, 0.25) is 0 Å². The van der Waals surface area contributed by atoms with E-state index in [9.17, 15) is 15.0 Å². The third-order valence-electron chi connectivity index (χ3n) is 2.94. The van der Waals surface area contributed by atoms with Crippen LogP contribution in [0.1, 0.15) is 0 Å². The van der Waals surface area contributed by atoms with Crippen LogP contribution in [0.25, 0.3) is 22.1 Å². The number of hydrogen-bond acceptors (Lipinski definition) is 4. The molecule has 0 saturated heterocycles. The average molecular weight is 257 g/mol. The number of phenolic OH excluding ortho intramolecular Hbond substituents is 2. The number of fused-ring (bicyclic) bond motifs is 1. The van der Waals surface area contributed by atoms with Crippen LogP contribution in [0.15, 0.2) is 57.9 Å². The topological polar surface area (TPSA) is 70.7 Å². The van der Waals surface area contributed by atoms with E-state index in [0.29, 0.717) is 22.1 Å². The van der Waals surface area contributed by atoms with E-state index in [0.717, 1.165) is 0 Å². The summed E-state index contributed by atoms with van der Waals surface area (Å²) < 4.78 is 5.37. The molecule has 0 atom stereocenters. The molecule has 0 radical (unpaired) electrons. The Kier molecular flexibility index (Phi) is 2.49. The van der Waals surface area contributed by atoms with Crippen molar-refractivity contribution in [1.29, 1.82) is 0 Å². The van der Waals surface area contributed by atoms with Gasteiger partial charge in [-0.3, -0.25) is 4.79 Å². The summed E-state index contributed by atoms with van der Waals surface area (Å²) in [6, 6.07) is 10.7. The Morgan fingerprint density at radius 1 is 0.895 bits per heavy atom. The first kappa shape index (κ1) is 11.3. The Hall–Kier alpha value is -2.75. The maximum absolute atomic E-state index is 12.3.